The third-order valence-electron chi connectivity index (χ3n) is 5.38. The van der Waals surface area contributed by atoms with Crippen molar-refractivity contribution in [2.75, 3.05) is 26.2 Å². The minimum absolute atomic E-state index is 0.243. The second kappa shape index (κ2) is 20.7. The van der Waals surface area contributed by atoms with Crippen LogP contribution in [0.1, 0.15) is 117 Å². The highest BCUT2D eigenvalue weighted by Gasteiger charge is 2.02. The van der Waals surface area contributed by atoms with Crippen LogP contribution in [-0.2, 0) is 4.79 Å². The number of carbonyl (C=O) groups is 1. The van der Waals surface area contributed by atoms with E-state index in [-0.39, 0.29) is 5.91 Å². The van der Waals surface area contributed by atoms with E-state index in [2.05, 4.69) is 31.0 Å². The van der Waals surface area contributed by atoms with Gasteiger partial charge < -0.3 is 10.2 Å². The predicted octanol–water partition coefficient (Wildman–Crippen LogP) is 6.32. The third-order valence-corrected chi connectivity index (χ3v) is 5.38. The van der Waals surface area contributed by atoms with Crippen LogP contribution in [0.25, 0.3) is 0 Å². The largest absolute Gasteiger partial charge is 0.356 e. The van der Waals surface area contributed by atoms with Crippen LogP contribution in [0.3, 0.4) is 0 Å². The van der Waals surface area contributed by atoms with Gasteiger partial charge in [-0.25, -0.2) is 0 Å². The van der Waals surface area contributed by atoms with E-state index in [1.807, 2.05) is 0 Å². The maximum Gasteiger partial charge on any atom is 0.219 e. The normalized spacial score (nSPS) is 11.2. The molecule has 0 aromatic carbocycles. The molecule has 0 aromatic heterocycles. The highest BCUT2D eigenvalue weighted by molar-refractivity contribution is 5.75. The van der Waals surface area contributed by atoms with E-state index in [1.54, 1.807) is 0 Å². The van der Waals surface area contributed by atoms with Gasteiger partial charge in [0.25, 0.3) is 0 Å². The standard InChI is InChI=1S/C23H48N2O/c1-4-7-8-9-10-11-12-13-14-15-16-17-18-20-23(26)24-21-19-22-25(5-2)6-3/h4-22H2,1-3H3,(H,24,26). The first-order chi connectivity index (χ1) is 12.7. The van der Waals surface area contributed by atoms with Crippen molar-refractivity contribution in [3.05, 3.63) is 0 Å². The summed E-state index contributed by atoms with van der Waals surface area (Å²) >= 11 is 0. The smallest absolute Gasteiger partial charge is 0.219 e. The Kier molecular flexibility index (Phi) is 20.3. The zero-order valence-electron chi connectivity index (χ0n) is 18.3. The molecule has 0 radical (unpaired) electrons. The van der Waals surface area contributed by atoms with Crippen molar-refractivity contribution in [3.8, 4) is 0 Å². The van der Waals surface area contributed by atoms with Crippen molar-refractivity contribution in [2.24, 2.45) is 0 Å². The number of unbranched alkanes of at least 4 members (excludes halogenated alkanes) is 12. The van der Waals surface area contributed by atoms with Gasteiger partial charge in [0.2, 0.25) is 5.91 Å². The molecular formula is C23H48N2O. The van der Waals surface area contributed by atoms with Crippen molar-refractivity contribution < 1.29 is 4.79 Å². The first-order valence-corrected chi connectivity index (χ1v) is 11.7. The van der Waals surface area contributed by atoms with Gasteiger partial charge in [-0.3, -0.25) is 4.79 Å². The molecule has 3 nitrogen and oxygen atoms in total. The molecule has 0 fully saturated rings. The Labute approximate surface area is 164 Å². The third kappa shape index (κ3) is 18.2. The molecular weight excluding hydrogens is 320 g/mol. The summed E-state index contributed by atoms with van der Waals surface area (Å²) < 4.78 is 0. The molecule has 0 spiro atoms. The molecule has 0 saturated carbocycles. The van der Waals surface area contributed by atoms with Gasteiger partial charge in [-0.1, -0.05) is 97.8 Å². The van der Waals surface area contributed by atoms with Gasteiger partial charge in [0, 0.05) is 13.0 Å². The second-order valence-corrected chi connectivity index (χ2v) is 7.72. The topological polar surface area (TPSA) is 32.3 Å². The summed E-state index contributed by atoms with van der Waals surface area (Å²) in [6.45, 7) is 10.8. The molecule has 26 heavy (non-hydrogen) atoms. The Morgan fingerprint density at radius 2 is 1.12 bits per heavy atom. The van der Waals surface area contributed by atoms with Crippen LogP contribution >= 0.6 is 0 Å². The van der Waals surface area contributed by atoms with E-state index in [0.29, 0.717) is 6.42 Å². The molecule has 1 amide bonds. The molecule has 0 rings (SSSR count). The summed E-state index contributed by atoms with van der Waals surface area (Å²) in [6, 6.07) is 0. The fourth-order valence-electron chi connectivity index (χ4n) is 3.46. The van der Waals surface area contributed by atoms with Gasteiger partial charge in [0.15, 0.2) is 0 Å². The van der Waals surface area contributed by atoms with Crippen LogP contribution in [0.2, 0.25) is 0 Å². The van der Waals surface area contributed by atoms with E-state index in [9.17, 15) is 4.79 Å². The van der Waals surface area contributed by atoms with Crippen LogP contribution in [-0.4, -0.2) is 37.0 Å². The maximum atomic E-state index is 11.8. The number of hydrogen-bond donors (Lipinski definition) is 1. The van der Waals surface area contributed by atoms with Crippen LogP contribution in [0.5, 0.6) is 0 Å². The van der Waals surface area contributed by atoms with Crippen molar-refractivity contribution >= 4 is 5.91 Å². The Hall–Kier alpha value is -0.570. The summed E-state index contributed by atoms with van der Waals surface area (Å²) in [5, 5.41) is 3.06. The zero-order chi connectivity index (χ0) is 19.3. The van der Waals surface area contributed by atoms with Gasteiger partial charge in [-0.05, 0) is 32.5 Å². The summed E-state index contributed by atoms with van der Waals surface area (Å²) in [6.07, 6.45) is 19.4. The average Bonchev–Trinajstić information content (AvgIpc) is 2.65. The molecule has 156 valence electrons. The lowest BCUT2D eigenvalue weighted by atomic mass is 10.0. The van der Waals surface area contributed by atoms with Gasteiger partial charge in [-0.15, -0.1) is 0 Å². The van der Waals surface area contributed by atoms with Gasteiger partial charge >= 0.3 is 0 Å². The molecule has 0 atom stereocenters. The number of hydrogen-bond acceptors (Lipinski definition) is 2. The Balaban J connectivity index is 3.21. The fourth-order valence-corrected chi connectivity index (χ4v) is 3.46. The van der Waals surface area contributed by atoms with E-state index in [1.165, 1.54) is 77.0 Å². The number of rotatable bonds is 20. The minimum atomic E-state index is 0.243. The van der Waals surface area contributed by atoms with Crippen LogP contribution < -0.4 is 5.32 Å². The first-order valence-electron chi connectivity index (χ1n) is 11.7. The monoisotopic (exact) mass is 368 g/mol. The van der Waals surface area contributed by atoms with E-state index < -0.39 is 0 Å². The van der Waals surface area contributed by atoms with Gasteiger partial charge in [-0.2, -0.15) is 0 Å². The minimum Gasteiger partial charge on any atom is -0.356 e. The highest BCUT2D eigenvalue weighted by Crippen LogP contribution is 2.12. The number of carbonyl (C=O) groups excluding carboxylic acids is 1. The van der Waals surface area contributed by atoms with Crippen molar-refractivity contribution in [1.82, 2.24) is 10.2 Å². The van der Waals surface area contributed by atoms with E-state index >= 15 is 0 Å². The number of nitrogens with one attached hydrogen (secondary N) is 1. The fraction of sp³-hybridized carbons (Fsp3) is 0.957. The molecule has 1 N–H and O–H groups in total. The molecule has 0 aliphatic rings. The molecule has 0 heterocycles. The van der Waals surface area contributed by atoms with E-state index in [0.717, 1.165) is 39.0 Å². The molecule has 0 aliphatic carbocycles. The van der Waals surface area contributed by atoms with Crippen molar-refractivity contribution in [1.29, 1.82) is 0 Å². The molecule has 0 bridgehead atoms. The Morgan fingerprint density at radius 3 is 1.58 bits per heavy atom. The van der Waals surface area contributed by atoms with Gasteiger partial charge in [0.05, 0.1) is 0 Å². The van der Waals surface area contributed by atoms with E-state index in [4.69, 9.17) is 0 Å². The summed E-state index contributed by atoms with van der Waals surface area (Å²) in [5.74, 6) is 0.243. The lowest BCUT2D eigenvalue weighted by Crippen LogP contribution is -2.29. The molecule has 0 aromatic rings. The lowest BCUT2D eigenvalue weighted by molar-refractivity contribution is -0.121. The highest BCUT2D eigenvalue weighted by atomic mass is 16.1. The Morgan fingerprint density at radius 1 is 0.654 bits per heavy atom. The van der Waals surface area contributed by atoms with Crippen LogP contribution in [0.15, 0.2) is 0 Å². The molecule has 0 saturated heterocycles. The van der Waals surface area contributed by atoms with Crippen LogP contribution in [0.4, 0.5) is 0 Å². The maximum absolute atomic E-state index is 11.8. The number of nitrogens with zero attached hydrogens (tertiary/aromatic N) is 1. The lowest BCUT2D eigenvalue weighted by Gasteiger charge is -2.17. The van der Waals surface area contributed by atoms with Gasteiger partial charge in [0.1, 0.15) is 0 Å². The van der Waals surface area contributed by atoms with Crippen molar-refractivity contribution in [2.45, 2.75) is 117 Å². The summed E-state index contributed by atoms with van der Waals surface area (Å²) in [4.78, 5) is 14.2. The summed E-state index contributed by atoms with van der Waals surface area (Å²) in [5.41, 5.74) is 0. The quantitative estimate of drug-likeness (QED) is 0.255. The summed E-state index contributed by atoms with van der Waals surface area (Å²) in [7, 11) is 0. The average molecular weight is 369 g/mol. The number of amides is 1. The zero-order valence-corrected chi connectivity index (χ0v) is 18.3. The van der Waals surface area contributed by atoms with Crippen LogP contribution in [0, 0.1) is 0 Å². The second-order valence-electron chi connectivity index (χ2n) is 7.72. The molecule has 0 unspecified atom stereocenters. The predicted molar refractivity (Wildman–Crippen MR) is 116 cm³/mol. The molecule has 3 heteroatoms. The Bertz CT molecular complexity index is 290. The first kappa shape index (κ1) is 25.4. The molecule has 0 aliphatic heterocycles. The van der Waals surface area contributed by atoms with Crippen molar-refractivity contribution in [3.63, 3.8) is 0 Å². The SMILES string of the molecule is CCCCCCCCCCCCCCCC(=O)NCCCN(CC)CC.